The van der Waals surface area contributed by atoms with E-state index in [4.69, 9.17) is 9.52 Å². The molecule has 80 valence electrons. The molecule has 15 heavy (non-hydrogen) atoms. The summed E-state index contributed by atoms with van der Waals surface area (Å²) in [5.74, 6) is -0.455. The number of oxazole rings is 1. The molecular formula is C10H11NO4. The van der Waals surface area contributed by atoms with Crippen LogP contribution in [0.4, 0.5) is 0 Å². The van der Waals surface area contributed by atoms with Gasteiger partial charge in [-0.05, 0) is 12.8 Å². The van der Waals surface area contributed by atoms with Crippen LogP contribution in [-0.2, 0) is 17.6 Å². The Morgan fingerprint density at radius 3 is 2.80 bits per heavy atom. The highest BCUT2D eigenvalue weighted by atomic mass is 16.4. The molecule has 0 amide bonds. The molecule has 1 aliphatic rings. The average Bonchev–Trinajstić information content (AvgIpc) is 2.72. The standard InChI is InChI=1S/C10H11NO4/c12-7(4-5-9(13)14)10-11-6-2-1-3-8(6)15-10/h1-5H2,(H,13,14). The summed E-state index contributed by atoms with van der Waals surface area (Å²) in [4.78, 5) is 25.8. The Balaban J connectivity index is 2.03. The molecule has 0 saturated heterocycles. The Bertz CT molecular complexity index is 386. The second-order valence-electron chi connectivity index (χ2n) is 3.56. The first-order chi connectivity index (χ1) is 7.16. The van der Waals surface area contributed by atoms with Gasteiger partial charge in [-0.3, -0.25) is 9.59 Å². The van der Waals surface area contributed by atoms with Gasteiger partial charge in [-0.15, -0.1) is 0 Å². The smallest absolute Gasteiger partial charge is 0.303 e. The van der Waals surface area contributed by atoms with Gasteiger partial charge in [0, 0.05) is 12.8 Å². The lowest BCUT2D eigenvalue weighted by Crippen LogP contribution is -2.04. The van der Waals surface area contributed by atoms with E-state index < -0.39 is 5.97 Å². The molecule has 0 bridgehead atoms. The minimum atomic E-state index is -0.984. The fourth-order valence-electron chi connectivity index (χ4n) is 1.64. The highest BCUT2D eigenvalue weighted by molar-refractivity contribution is 5.93. The molecule has 0 atom stereocenters. The van der Waals surface area contributed by atoms with Gasteiger partial charge in [-0.25, -0.2) is 4.98 Å². The molecule has 5 nitrogen and oxygen atoms in total. The second kappa shape index (κ2) is 3.84. The third kappa shape index (κ3) is 2.06. The number of aromatic nitrogens is 1. The lowest BCUT2D eigenvalue weighted by Gasteiger charge is -1.93. The van der Waals surface area contributed by atoms with Crippen molar-refractivity contribution in [2.45, 2.75) is 32.1 Å². The number of carboxylic acids is 1. The van der Waals surface area contributed by atoms with Gasteiger partial charge in [0.1, 0.15) is 5.76 Å². The third-order valence-electron chi connectivity index (χ3n) is 2.40. The topological polar surface area (TPSA) is 80.4 Å². The van der Waals surface area contributed by atoms with E-state index >= 15 is 0 Å². The van der Waals surface area contributed by atoms with E-state index in [1.54, 1.807) is 0 Å². The summed E-state index contributed by atoms with van der Waals surface area (Å²) >= 11 is 0. The van der Waals surface area contributed by atoms with E-state index in [2.05, 4.69) is 4.98 Å². The zero-order valence-electron chi connectivity index (χ0n) is 8.15. The number of carbonyl (C=O) groups is 2. The number of fused-ring (bicyclic) bond motifs is 1. The van der Waals surface area contributed by atoms with Crippen LogP contribution in [0.3, 0.4) is 0 Å². The summed E-state index contributed by atoms with van der Waals surface area (Å²) in [5.41, 5.74) is 0.855. The largest absolute Gasteiger partial charge is 0.481 e. The number of hydrogen-bond acceptors (Lipinski definition) is 4. The fourth-order valence-corrected chi connectivity index (χ4v) is 1.64. The third-order valence-corrected chi connectivity index (χ3v) is 2.40. The summed E-state index contributed by atoms with van der Waals surface area (Å²) in [6.07, 6.45) is 2.48. The van der Waals surface area contributed by atoms with Crippen molar-refractivity contribution in [1.29, 1.82) is 0 Å². The van der Waals surface area contributed by atoms with Crippen molar-refractivity contribution in [1.82, 2.24) is 4.98 Å². The van der Waals surface area contributed by atoms with Crippen LogP contribution in [0.15, 0.2) is 4.42 Å². The van der Waals surface area contributed by atoms with Crippen LogP contribution in [0, 0.1) is 0 Å². The molecule has 0 fully saturated rings. The van der Waals surface area contributed by atoms with Gasteiger partial charge in [-0.1, -0.05) is 0 Å². The number of aliphatic carboxylic acids is 1. The molecule has 0 saturated carbocycles. The molecule has 0 unspecified atom stereocenters. The zero-order chi connectivity index (χ0) is 10.8. The van der Waals surface area contributed by atoms with E-state index in [0.29, 0.717) is 0 Å². The maximum Gasteiger partial charge on any atom is 0.303 e. The maximum absolute atomic E-state index is 11.4. The van der Waals surface area contributed by atoms with Crippen molar-refractivity contribution in [3.63, 3.8) is 0 Å². The number of rotatable bonds is 4. The summed E-state index contributed by atoms with van der Waals surface area (Å²) in [7, 11) is 0. The summed E-state index contributed by atoms with van der Waals surface area (Å²) in [5, 5.41) is 8.42. The van der Waals surface area contributed by atoms with Gasteiger partial charge in [-0.2, -0.15) is 0 Å². The summed E-state index contributed by atoms with van der Waals surface area (Å²) < 4.78 is 5.27. The molecule has 0 spiro atoms. The average molecular weight is 209 g/mol. The highest BCUT2D eigenvalue weighted by Gasteiger charge is 2.22. The van der Waals surface area contributed by atoms with Gasteiger partial charge < -0.3 is 9.52 Å². The highest BCUT2D eigenvalue weighted by Crippen LogP contribution is 2.22. The van der Waals surface area contributed by atoms with Gasteiger partial charge in [0.2, 0.25) is 5.78 Å². The predicted molar refractivity (Wildman–Crippen MR) is 49.7 cm³/mol. The quantitative estimate of drug-likeness (QED) is 0.754. The molecule has 1 aromatic heterocycles. The van der Waals surface area contributed by atoms with Crippen LogP contribution in [-0.4, -0.2) is 21.8 Å². The Hall–Kier alpha value is -1.65. The number of Topliss-reactive ketones (excluding diaryl/α,β-unsaturated/α-hetero) is 1. The lowest BCUT2D eigenvalue weighted by atomic mass is 10.2. The molecule has 1 N–H and O–H groups in total. The number of nitrogens with zero attached hydrogens (tertiary/aromatic N) is 1. The Kier molecular flexibility index (Phi) is 2.53. The number of aryl methyl sites for hydroxylation is 2. The molecule has 0 aromatic carbocycles. The Morgan fingerprint density at radius 1 is 1.33 bits per heavy atom. The molecule has 0 aliphatic heterocycles. The molecule has 1 aliphatic carbocycles. The Labute approximate surface area is 86.1 Å². The number of carbonyl (C=O) groups excluding carboxylic acids is 1. The Morgan fingerprint density at radius 2 is 2.13 bits per heavy atom. The molecule has 2 rings (SSSR count). The van der Waals surface area contributed by atoms with Crippen LogP contribution in [0.25, 0.3) is 0 Å². The first kappa shape index (κ1) is 9.89. The SMILES string of the molecule is O=C(O)CCC(=O)c1nc2c(o1)CCC2. The number of carboxylic acid groups (broad SMARTS) is 1. The van der Waals surface area contributed by atoms with Crippen molar-refractivity contribution in [3.8, 4) is 0 Å². The van der Waals surface area contributed by atoms with Gasteiger partial charge >= 0.3 is 5.97 Å². The van der Waals surface area contributed by atoms with Gasteiger partial charge in [0.25, 0.3) is 5.89 Å². The molecular weight excluding hydrogens is 198 g/mol. The number of ketones is 1. The van der Waals surface area contributed by atoms with Crippen molar-refractivity contribution in [3.05, 3.63) is 17.3 Å². The van der Waals surface area contributed by atoms with Crippen LogP contribution in [0.5, 0.6) is 0 Å². The predicted octanol–water partition coefficient (Wildman–Crippen LogP) is 1.21. The minimum Gasteiger partial charge on any atom is -0.481 e. The normalized spacial score (nSPS) is 13.9. The molecule has 1 heterocycles. The van der Waals surface area contributed by atoms with Gasteiger partial charge in [0.15, 0.2) is 0 Å². The second-order valence-corrected chi connectivity index (χ2v) is 3.56. The fraction of sp³-hybridized carbons (Fsp3) is 0.500. The van der Waals surface area contributed by atoms with Crippen molar-refractivity contribution >= 4 is 11.8 Å². The lowest BCUT2D eigenvalue weighted by molar-refractivity contribution is -0.136. The van der Waals surface area contributed by atoms with Crippen LogP contribution < -0.4 is 0 Å². The molecule has 1 aromatic rings. The van der Waals surface area contributed by atoms with Gasteiger partial charge in [0.05, 0.1) is 12.1 Å². The van der Waals surface area contributed by atoms with Crippen molar-refractivity contribution < 1.29 is 19.1 Å². The minimum absolute atomic E-state index is 0.0469. The van der Waals surface area contributed by atoms with E-state index in [1.807, 2.05) is 0 Å². The monoisotopic (exact) mass is 209 g/mol. The first-order valence-electron chi connectivity index (χ1n) is 4.90. The van der Waals surface area contributed by atoms with E-state index in [9.17, 15) is 9.59 Å². The van der Waals surface area contributed by atoms with E-state index in [1.165, 1.54) is 0 Å². The van der Waals surface area contributed by atoms with Crippen molar-refractivity contribution in [2.75, 3.05) is 0 Å². The summed E-state index contributed by atoms with van der Waals surface area (Å²) in [6, 6.07) is 0. The maximum atomic E-state index is 11.4. The van der Waals surface area contributed by atoms with Crippen molar-refractivity contribution in [2.24, 2.45) is 0 Å². The first-order valence-corrected chi connectivity index (χ1v) is 4.90. The van der Waals surface area contributed by atoms with Crippen LogP contribution in [0.1, 0.15) is 41.4 Å². The van der Waals surface area contributed by atoms with E-state index in [-0.39, 0.29) is 24.5 Å². The van der Waals surface area contributed by atoms with E-state index in [0.717, 1.165) is 30.7 Å². The van der Waals surface area contributed by atoms with Crippen LogP contribution >= 0.6 is 0 Å². The zero-order valence-corrected chi connectivity index (χ0v) is 8.15. The molecule has 0 radical (unpaired) electrons. The summed E-state index contributed by atoms with van der Waals surface area (Å²) in [6.45, 7) is 0. The molecule has 5 heteroatoms. The number of hydrogen-bond donors (Lipinski definition) is 1. The van der Waals surface area contributed by atoms with Crippen LogP contribution in [0.2, 0.25) is 0 Å².